The number of benzene rings is 1. The summed E-state index contributed by atoms with van der Waals surface area (Å²) in [4.78, 5) is 11.8. The molecule has 0 spiro atoms. The molecule has 2 N–H and O–H groups in total. The maximum atomic E-state index is 11.8. The predicted octanol–water partition coefficient (Wildman–Crippen LogP) is 2.84. The maximum absolute atomic E-state index is 11.8. The number of amides is 1. The summed E-state index contributed by atoms with van der Waals surface area (Å²) < 4.78 is 1.08. The molecule has 2 rings (SSSR count). The molecule has 0 radical (unpaired) electrons. The number of hydrogen-bond donors (Lipinski definition) is 2. The van der Waals surface area contributed by atoms with E-state index in [1.807, 2.05) is 32.0 Å². The van der Waals surface area contributed by atoms with Crippen LogP contribution in [-0.4, -0.2) is 18.0 Å². The SMILES string of the molecule is Cc1cc(NC(C)C(=O)NC2CC2)ccc1Br. The van der Waals surface area contributed by atoms with Crippen LogP contribution < -0.4 is 10.6 Å². The molecule has 4 heteroatoms. The fraction of sp³-hybridized carbons (Fsp3) is 0.462. The Kier molecular flexibility index (Phi) is 3.72. The summed E-state index contributed by atoms with van der Waals surface area (Å²) in [5, 5.41) is 6.20. The highest BCUT2D eigenvalue weighted by Gasteiger charge is 2.25. The first kappa shape index (κ1) is 12.4. The molecule has 1 saturated carbocycles. The molecule has 1 amide bonds. The second-order valence-corrected chi connectivity index (χ2v) is 5.47. The quantitative estimate of drug-likeness (QED) is 0.897. The van der Waals surface area contributed by atoms with Crippen molar-refractivity contribution in [2.75, 3.05) is 5.32 Å². The lowest BCUT2D eigenvalue weighted by Crippen LogP contribution is -2.38. The Balaban J connectivity index is 1.94. The maximum Gasteiger partial charge on any atom is 0.242 e. The van der Waals surface area contributed by atoms with E-state index in [1.54, 1.807) is 0 Å². The van der Waals surface area contributed by atoms with E-state index in [-0.39, 0.29) is 11.9 Å². The van der Waals surface area contributed by atoms with Crippen LogP contribution in [0.1, 0.15) is 25.3 Å². The molecule has 1 aromatic carbocycles. The van der Waals surface area contributed by atoms with E-state index in [9.17, 15) is 4.79 Å². The molecular formula is C13H17BrN2O. The van der Waals surface area contributed by atoms with Crippen LogP contribution >= 0.6 is 15.9 Å². The van der Waals surface area contributed by atoms with Crippen LogP contribution in [0.2, 0.25) is 0 Å². The van der Waals surface area contributed by atoms with Gasteiger partial charge in [0.2, 0.25) is 5.91 Å². The fourth-order valence-electron chi connectivity index (χ4n) is 1.60. The lowest BCUT2D eigenvalue weighted by molar-refractivity contribution is -0.121. The zero-order valence-corrected chi connectivity index (χ0v) is 11.7. The predicted molar refractivity (Wildman–Crippen MR) is 73.1 cm³/mol. The third-order valence-corrected chi connectivity index (χ3v) is 3.75. The highest BCUT2D eigenvalue weighted by atomic mass is 79.9. The molecule has 1 aliphatic carbocycles. The molecule has 0 saturated heterocycles. The largest absolute Gasteiger partial charge is 0.374 e. The summed E-state index contributed by atoms with van der Waals surface area (Å²) in [5.74, 6) is 0.0769. The first-order valence-electron chi connectivity index (χ1n) is 5.89. The highest BCUT2D eigenvalue weighted by Crippen LogP contribution is 2.21. The van der Waals surface area contributed by atoms with Crippen molar-refractivity contribution in [2.45, 2.75) is 38.8 Å². The average molecular weight is 297 g/mol. The Bertz CT molecular complexity index is 429. The summed E-state index contributed by atoms with van der Waals surface area (Å²) >= 11 is 3.46. The van der Waals surface area contributed by atoms with Crippen LogP contribution in [0.3, 0.4) is 0 Å². The van der Waals surface area contributed by atoms with E-state index in [1.165, 1.54) is 0 Å². The molecule has 1 aromatic rings. The van der Waals surface area contributed by atoms with Crippen LogP contribution in [0.5, 0.6) is 0 Å². The van der Waals surface area contributed by atoms with Gasteiger partial charge in [0.05, 0.1) is 0 Å². The Morgan fingerprint density at radius 3 is 2.76 bits per heavy atom. The monoisotopic (exact) mass is 296 g/mol. The summed E-state index contributed by atoms with van der Waals surface area (Å²) in [5.41, 5.74) is 2.13. The van der Waals surface area contributed by atoms with Gasteiger partial charge in [-0.05, 0) is 50.5 Å². The normalized spacial score (nSPS) is 16.4. The zero-order chi connectivity index (χ0) is 12.4. The van der Waals surface area contributed by atoms with Gasteiger partial charge < -0.3 is 10.6 Å². The molecule has 0 heterocycles. The number of rotatable bonds is 4. The van der Waals surface area contributed by atoms with E-state index < -0.39 is 0 Å². The smallest absolute Gasteiger partial charge is 0.242 e. The average Bonchev–Trinajstić information content (AvgIpc) is 3.07. The van der Waals surface area contributed by atoms with Gasteiger partial charge in [-0.1, -0.05) is 15.9 Å². The van der Waals surface area contributed by atoms with Gasteiger partial charge >= 0.3 is 0 Å². The Morgan fingerprint density at radius 1 is 1.47 bits per heavy atom. The lowest BCUT2D eigenvalue weighted by Gasteiger charge is -2.15. The van der Waals surface area contributed by atoms with Crippen molar-refractivity contribution in [3.05, 3.63) is 28.2 Å². The van der Waals surface area contributed by atoms with E-state index in [4.69, 9.17) is 0 Å². The summed E-state index contributed by atoms with van der Waals surface area (Å²) in [6.45, 7) is 3.92. The minimum absolute atomic E-state index is 0.0769. The first-order valence-corrected chi connectivity index (χ1v) is 6.68. The summed E-state index contributed by atoms with van der Waals surface area (Å²) in [7, 11) is 0. The van der Waals surface area contributed by atoms with Gasteiger partial charge in [-0.15, -0.1) is 0 Å². The van der Waals surface area contributed by atoms with Crippen LogP contribution in [0, 0.1) is 6.92 Å². The van der Waals surface area contributed by atoms with Crippen LogP contribution in [0.4, 0.5) is 5.69 Å². The molecule has 1 fully saturated rings. The van der Waals surface area contributed by atoms with Gasteiger partial charge in [0.25, 0.3) is 0 Å². The topological polar surface area (TPSA) is 41.1 Å². The van der Waals surface area contributed by atoms with Crippen LogP contribution in [-0.2, 0) is 4.79 Å². The van der Waals surface area contributed by atoms with Gasteiger partial charge in [-0.25, -0.2) is 0 Å². The van der Waals surface area contributed by atoms with Crippen molar-refractivity contribution in [3.63, 3.8) is 0 Å². The Labute approximate surface area is 110 Å². The third kappa shape index (κ3) is 3.46. The van der Waals surface area contributed by atoms with Gasteiger partial charge in [-0.2, -0.15) is 0 Å². The number of halogens is 1. The van der Waals surface area contributed by atoms with Crippen molar-refractivity contribution in [1.29, 1.82) is 0 Å². The van der Waals surface area contributed by atoms with Gasteiger partial charge in [0, 0.05) is 16.2 Å². The van der Waals surface area contributed by atoms with Crippen molar-refractivity contribution in [3.8, 4) is 0 Å². The van der Waals surface area contributed by atoms with Gasteiger partial charge in [0.15, 0.2) is 0 Å². The number of carbonyl (C=O) groups excluding carboxylic acids is 1. The first-order chi connectivity index (χ1) is 8.06. The second kappa shape index (κ2) is 5.08. The number of aryl methyl sites for hydroxylation is 1. The second-order valence-electron chi connectivity index (χ2n) is 4.61. The molecular weight excluding hydrogens is 280 g/mol. The number of carbonyl (C=O) groups is 1. The minimum Gasteiger partial charge on any atom is -0.374 e. The zero-order valence-electron chi connectivity index (χ0n) is 10.1. The molecule has 0 bridgehead atoms. The molecule has 1 aliphatic rings. The van der Waals surface area contributed by atoms with Crippen molar-refractivity contribution in [1.82, 2.24) is 5.32 Å². The summed E-state index contributed by atoms with van der Waals surface area (Å²) in [6.07, 6.45) is 2.24. The van der Waals surface area contributed by atoms with E-state index in [2.05, 4.69) is 26.6 Å². The van der Waals surface area contributed by atoms with E-state index in [0.29, 0.717) is 6.04 Å². The molecule has 3 nitrogen and oxygen atoms in total. The fourth-order valence-corrected chi connectivity index (χ4v) is 1.85. The molecule has 92 valence electrons. The molecule has 1 unspecified atom stereocenters. The number of anilines is 1. The Hall–Kier alpha value is -1.03. The third-order valence-electron chi connectivity index (χ3n) is 2.86. The number of hydrogen-bond acceptors (Lipinski definition) is 2. The lowest BCUT2D eigenvalue weighted by atomic mass is 10.2. The Morgan fingerprint density at radius 2 is 2.18 bits per heavy atom. The van der Waals surface area contributed by atoms with Crippen molar-refractivity contribution in [2.24, 2.45) is 0 Å². The van der Waals surface area contributed by atoms with E-state index >= 15 is 0 Å². The molecule has 1 atom stereocenters. The molecule has 0 aliphatic heterocycles. The summed E-state index contributed by atoms with van der Waals surface area (Å²) in [6, 6.07) is 6.21. The van der Waals surface area contributed by atoms with Crippen LogP contribution in [0.15, 0.2) is 22.7 Å². The van der Waals surface area contributed by atoms with Crippen molar-refractivity contribution >= 4 is 27.5 Å². The number of nitrogens with one attached hydrogen (secondary N) is 2. The highest BCUT2D eigenvalue weighted by molar-refractivity contribution is 9.10. The van der Waals surface area contributed by atoms with E-state index in [0.717, 1.165) is 28.6 Å². The standard InChI is InChI=1S/C13H17BrN2O/c1-8-7-11(5-6-12(8)14)15-9(2)13(17)16-10-3-4-10/h5-7,9-10,15H,3-4H2,1-2H3,(H,16,17). The minimum atomic E-state index is -0.198. The van der Waals surface area contributed by atoms with Gasteiger partial charge in [-0.3, -0.25) is 4.79 Å². The van der Waals surface area contributed by atoms with Crippen molar-refractivity contribution < 1.29 is 4.79 Å². The molecule has 0 aromatic heterocycles. The van der Waals surface area contributed by atoms with Crippen LogP contribution in [0.25, 0.3) is 0 Å². The van der Waals surface area contributed by atoms with Gasteiger partial charge in [0.1, 0.15) is 6.04 Å². The molecule has 17 heavy (non-hydrogen) atoms.